The summed E-state index contributed by atoms with van der Waals surface area (Å²) in [5, 5.41) is 14.6. The molecule has 2 aliphatic carbocycles. The normalized spacial score (nSPS) is 17.7. The van der Waals surface area contributed by atoms with Gasteiger partial charge in [0.1, 0.15) is 6.61 Å². The number of hydrogen-bond donors (Lipinski definition) is 3. The fourth-order valence-electron chi connectivity index (χ4n) is 4.86. The van der Waals surface area contributed by atoms with Crippen LogP contribution >= 0.6 is 0 Å². The molecule has 35 heavy (non-hydrogen) atoms. The maximum absolute atomic E-state index is 12.7. The van der Waals surface area contributed by atoms with Gasteiger partial charge in [0, 0.05) is 23.7 Å². The standard InChI is InChI=1S/C28H26N2O5/c1-16-18(26(31)29-14-17-13-23(17)27(32)33)11-6-12-25(16)30-28(34)35-15-24-21-9-4-2-7-19(21)20-8-3-5-10-22(20)24/h2-12,17,23-24H,13-15H2,1H3,(H,29,31)(H,30,34)(H,32,33)/t17-,23-/m0/s1. The molecule has 0 radical (unpaired) electrons. The van der Waals surface area contributed by atoms with Crippen molar-refractivity contribution >= 4 is 23.7 Å². The molecule has 7 nitrogen and oxygen atoms in total. The summed E-state index contributed by atoms with van der Waals surface area (Å²) in [5.41, 5.74) is 6.12. The van der Waals surface area contributed by atoms with Crippen LogP contribution in [0.5, 0.6) is 0 Å². The van der Waals surface area contributed by atoms with Crippen molar-refractivity contribution in [1.82, 2.24) is 5.32 Å². The molecule has 3 N–H and O–H groups in total. The first-order chi connectivity index (χ1) is 16.9. The molecule has 3 aromatic rings. The average molecular weight is 471 g/mol. The third-order valence-electron chi connectivity index (χ3n) is 6.92. The molecule has 1 fully saturated rings. The maximum atomic E-state index is 12.7. The van der Waals surface area contributed by atoms with E-state index in [4.69, 9.17) is 9.84 Å². The van der Waals surface area contributed by atoms with E-state index in [1.165, 1.54) is 0 Å². The summed E-state index contributed by atoms with van der Waals surface area (Å²) in [6.45, 7) is 2.27. The number of benzene rings is 3. The summed E-state index contributed by atoms with van der Waals surface area (Å²) in [7, 11) is 0. The van der Waals surface area contributed by atoms with E-state index in [9.17, 15) is 14.4 Å². The largest absolute Gasteiger partial charge is 0.481 e. The van der Waals surface area contributed by atoms with Crippen LogP contribution in [0.4, 0.5) is 10.5 Å². The second-order valence-electron chi connectivity index (χ2n) is 9.08. The van der Waals surface area contributed by atoms with Gasteiger partial charge in [-0.25, -0.2) is 4.79 Å². The van der Waals surface area contributed by atoms with Crippen molar-refractivity contribution in [1.29, 1.82) is 0 Å². The molecular weight excluding hydrogens is 444 g/mol. The van der Waals surface area contributed by atoms with Crippen molar-refractivity contribution in [3.05, 3.63) is 89.0 Å². The van der Waals surface area contributed by atoms with E-state index in [1.807, 2.05) is 24.3 Å². The number of fused-ring (bicyclic) bond motifs is 3. The Bertz CT molecular complexity index is 1270. The first-order valence-corrected chi connectivity index (χ1v) is 11.7. The number of amides is 2. The Morgan fingerprint density at radius 2 is 1.60 bits per heavy atom. The molecule has 1 saturated carbocycles. The zero-order valence-electron chi connectivity index (χ0n) is 19.3. The van der Waals surface area contributed by atoms with Crippen molar-refractivity contribution in [2.75, 3.05) is 18.5 Å². The number of carbonyl (C=O) groups is 3. The number of carbonyl (C=O) groups excluding carboxylic acids is 2. The minimum Gasteiger partial charge on any atom is -0.481 e. The number of aliphatic carboxylic acids is 1. The van der Waals surface area contributed by atoms with E-state index in [-0.39, 0.29) is 30.3 Å². The molecule has 2 amide bonds. The van der Waals surface area contributed by atoms with Crippen LogP contribution in [0.2, 0.25) is 0 Å². The van der Waals surface area contributed by atoms with Crippen LogP contribution in [0.15, 0.2) is 66.7 Å². The Morgan fingerprint density at radius 3 is 2.23 bits per heavy atom. The van der Waals surface area contributed by atoms with Gasteiger partial charge in [0.05, 0.1) is 5.92 Å². The van der Waals surface area contributed by atoms with Crippen LogP contribution in [0, 0.1) is 18.8 Å². The van der Waals surface area contributed by atoms with Gasteiger partial charge in [-0.05, 0) is 59.2 Å². The van der Waals surface area contributed by atoms with E-state index >= 15 is 0 Å². The highest BCUT2D eigenvalue weighted by Crippen LogP contribution is 2.44. The summed E-state index contributed by atoms with van der Waals surface area (Å²) in [6.07, 6.45) is -0.00682. The Hall–Kier alpha value is -4.13. The topological polar surface area (TPSA) is 105 Å². The highest BCUT2D eigenvalue weighted by molar-refractivity contribution is 5.98. The Labute approximate surface area is 203 Å². The fourth-order valence-corrected chi connectivity index (χ4v) is 4.86. The maximum Gasteiger partial charge on any atom is 0.411 e. The minimum atomic E-state index is -0.824. The Kier molecular flexibility index (Phi) is 5.99. The van der Waals surface area contributed by atoms with Crippen LogP contribution in [-0.4, -0.2) is 36.2 Å². The van der Waals surface area contributed by atoms with E-state index in [1.54, 1.807) is 25.1 Å². The quantitative estimate of drug-likeness (QED) is 0.460. The number of carboxylic acids is 1. The molecule has 178 valence electrons. The van der Waals surface area contributed by atoms with Crippen LogP contribution in [0.3, 0.4) is 0 Å². The van der Waals surface area contributed by atoms with E-state index in [0.29, 0.717) is 29.8 Å². The third kappa shape index (κ3) is 4.49. The second kappa shape index (κ2) is 9.25. The van der Waals surface area contributed by atoms with Crippen molar-refractivity contribution in [2.24, 2.45) is 11.8 Å². The smallest absolute Gasteiger partial charge is 0.411 e. The van der Waals surface area contributed by atoms with Crippen molar-refractivity contribution in [2.45, 2.75) is 19.3 Å². The lowest BCUT2D eigenvalue weighted by atomic mass is 9.98. The van der Waals surface area contributed by atoms with Crippen molar-refractivity contribution < 1.29 is 24.2 Å². The summed E-state index contributed by atoms with van der Waals surface area (Å²) in [6, 6.07) is 21.4. The third-order valence-corrected chi connectivity index (χ3v) is 6.92. The van der Waals surface area contributed by atoms with Crippen LogP contribution < -0.4 is 10.6 Å². The van der Waals surface area contributed by atoms with Gasteiger partial charge in [0.15, 0.2) is 0 Å². The molecule has 0 aromatic heterocycles. The lowest BCUT2D eigenvalue weighted by Crippen LogP contribution is -2.27. The summed E-state index contributed by atoms with van der Waals surface area (Å²) < 4.78 is 5.61. The van der Waals surface area contributed by atoms with E-state index < -0.39 is 12.1 Å². The van der Waals surface area contributed by atoms with Gasteiger partial charge in [-0.1, -0.05) is 54.6 Å². The lowest BCUT2D eigenvalue weighted by molar-refractivity contribution is -0.138. The van der Waals surface area contributed by atoms with Crippen LogP contribution in [0.1, 0.15) is 39.4 Å². The minimum absolute atomic E-state index is 0.0288. The first-order valence-electron chi connectivity index (χ1n) is 11.7. The van der Waals surface area contributed by atoms with Gasteiger partial charge >= 0.3 is 12.1 Å². The Morgan fingerprint density at radius 1 is 0.943 bits per heavy atom. The molecule has 0 bridgehead atoms. The number of ether oxygens (including phenoxy) is 1. The first kappa shape index (κ1) is 22.7. The van der Waals surface area contributed by atoms with Gasteiger partial charge in [0.2, 0.25) is 0 Å². The zero-order chi connectivity index (χ0) is 24.5. The van der Waals surface area contributed by atoms with E-state index in [0.717, 1.165) is 22.3 Å². The molecule has 2 aliphatic rings. The molecule has 5 rings (SSSR count). The molecule has 0 aliphatic heterocycles. The summed E-state index contributed by atoms with van der Waals surface area (Å²) in [5.74, 6) is -1.57. The van der Waals surface area contributed by atoms with Crippen LogP contribution in [-0.2, 0) is 9.53 Å². The molecular formula is C28H26N2O5. The molecule has 0 saturated heterocycles. The molecule has 0 heterocycles. The molecule has 3 aromatic carbocycles. The number of nitrogens with one attached hydrogen (secondary N) is 2. The van der Waals surface area contributed by atoms with Gasteiger partial charge in [-0.15, -0.1) is 0 Å². The lowest BCUT2D eigenvalue weighted by Gasteiger charge is -2.16. The van der Waals surface area contributed by atoms with Gasteiger partial charge < -0.3 is 15.2 Å². The molecule has 7 heteroatoms. The fraction of sp³-hybridized carbons (Fsp3) is 0.250. The average Bonchev–Trinajstić information content (AvgIpc) is 3.58. The molecule has 2 atom stereocenters. The van der Waals surface area contributed by atoms with Crippen molar-refractivity contribution in [3.63, 3.8) is 0 Å². The van der Waals surface area contributed by atoms with Gasteiger partial charge in [0.25, 0.3) is 5.91 Å². The Balaban J connectivity index is 1.22. The second-order valence-corrected chi connectivity index (χ2v) is 9.08. The number of hydrogen-bond acceptors (Lipinski definition) is 4. The number of rotatable bonds is 7. The SMILES string of the molecule is Cc1c(NC(=O)OCC2c3ccccc3-c3ccccc32)cccc1C(=O)NC[C@@H]1C[C@@H]1C(=O)O. The predicted octanol–water partition coefficient (Wildman–Crippen LogP) is 4.81. The van der Waals surface area contributed by atoms with Crippen molar-refractivity contribution in [3.8, 4) is 11.1 Å². The molecule has 0 unspecified atom stereocenters. The molecule has 0 spiro atoms. The monoisotopic (exact) mass is 470 g/mol. The predicted molar refractivity (Wildman–Crippen MR) is 131 cm³/mol. The van der Waals surface area contributed by atoms with E-state index in [2.05, 4.69) is 34.9 Å². The highest BCUT2D eigenvalue weighted by Gasteiger charge is 2.43. The van der Waals surface area contributed by atoms with Gasteiger partial charge in [-0.3, -0.25) is 14.9 Å². The van der Waals surface area contributed by atoms with Gasteiger partial charge in [-0.2, -0.15) is 0 Å². The highest BCUT2D eigenvalue weighted by atomic mass is 16.5. The summed E-state index contributed by atoms with van der Waals surface area (Å²) >= 11 is 0. The van der Waals surface area contributed by atoms with Crippen LogP contribution in [0.25, 0.3) is 11.1 Å². The number of carboxylic acid groups (broad SMARTS) is 1. The number of anilines is 1. The summed E-state index contributed by atoms with van der Waals surface area (Å²) in [4.78, 5) is 36.3. The zero-order valence-corrected chi connectivity index (χ0v) is 19.3.